The first-order chi connectivity index (χ1) is 13.6. The highest BCUT2D eigenvalue weighted by molar-refractivity contribution is 6.30. The van der Waals surface area contributed by atoms with Crippen molar-refractivity contribution in [2.24, 2.45) is 5.92 Å². The van der Waals surface area contributed by atoms with E-state index in [0.29, 0.717) is 5.92 Å². The van der Waals surface area contributed by atoms with E-state index in [4.69, 9.17) is 11.6 Å². The lowest BCUT2D eigenvalue weighted by Gasteiger charge is -2.35. The van der Waals surface area contributed by atoms with Crippen LogP contribution in [0.25, 0.3) is 10.8 Å². The Morgan fingerprint density at radius 3 is 2.61 bits per heavy atom. The zero-order valence-corrected chi connectivity index (χ0v) is 16.9. The molecular weight excluding hydrogens is 374 g/mol. The molecular formula is C25H25ClF2. The minimum Gasteiger partial charge on any atom is -0.207 e. The van der Waals surface area contributed by atoms with Gasteiger partial charge in [-0.1, -0.05) is 62.1 Å². The van der Waals surface area contributed by atoms with Crippen molar-refractivity contribution >= 4 is 22.4 Å². The summed E-state index contributed by atoms with van der Waals surface area (Å²) in [4.78, 5) is 0. The Balaban J connectivity index is 1.83. The van der Waals surface area contributed by atoms with Crippen molar-refractivity contribution in [2.45, 2.75) is 51.4 Å². The molecule has 1 aliphatic carbocycles. The summed E-state index contributed by atoms with van der Waals surface area (Å²) < 4.78 is 28.2. The van der Waals surface area contributed by atoms with Crippen LogP contribution in [0.4, 0.5) is 8.78 Å². The lowest BCUT2D eigenvalue weighted by atomic mass is 9.69. The number of fused-ring (bicyclic) bond motifs is 3. The standard InChI is InChI=1S/C25H25ClF2/c1-2-3-4-5-17-8-11-20-21(12-7-16-6-10-19(27)15-22(16)20)25(17)18-9-13-23(26)24(28)14-18/h6-7,9-10,12-15,17,25H,2-5,8,11H2,1H3/t17-,25-/m1/s1. The summed E-state index contributed by atoms with van der Waals surface area (Å²) >= 11 is 5.94. The van der Waals surface area contributed by atoms with Gasteiger partial charge in [-0.25, -0.2) is 8.78 Å². The molecule has 2 atom stereocenters. The van der Waals surface area contributed by atoms with E-state index in [1.54, 1.807) is 18.2 Å². The number of unbranched alkanes of at least 4 members (excludes halogenated alkanes) is 2. The van der Waals surface area contributed by atoms with Gasteiger partial charge in [-0.2, -0.15) is 0 Å². The van der Waals surface area contributed by atoms with Crippen molar-refractivity contribution in [3.63, 3.8) is 0 Å². The largest absolute Gasteiger partial charge is 0.207 e. The molecule has 0 saturated carbocycles. The normalized spacial score (nSPS) is 19.0. The average molecular weight is 399 g/mol. The molecule has 1 aliphatic rings. The lowest BCUT2D eigenvalue weighted by Crippen LogP contribution is -2.22. The van der Waals surface area contributed by atoms with Crippen molar-refractivity contribution < 1.29 is 8.78 Å². The van der Waals surface area contributed by atoms with Gasteiger partial charge in [-0.3, -0.25) is 0 Å². The molecule has 0 fully saturated rings. The second-order valence-corrected chi connectivity index (χ2v) is 8.35. The van der Waals surface area contributed by atoms with Gasteiger partial charge in [0, 0.05) is 5.92 Å². The van der Waals surface area contributed by atoms with Crippen molar-refractivity contribution in [1.29, 1.82) is 0 Å². The van der Waals surface area contributed by atoms with E-state index < -0.39 is 0 Å². The van der Waals surface area contributed by atoms with Crippen LogP contribution in [0.15, 0.2) is 48.5 Å². The van der Waals surface area contributed by atoms with Gasteiger partial charge in [-0.15, -0.1) is 0 Å². The quantitative estimate of drug-likeness (QED) is 0.381. The van der Waals surface area contributed by atoms with Crippen molar-refractivity contribution in [1.82, 2.24) is 0 Å². The number of benzene rings is 3. The molecule has 4 rings (SSSR count). The fourth-order valence-corrected chi connectivity index (χ4v) is 4.93. The average Bonchev–Trinajstić information content (AvgIpc) is 2.70. The van der Waals surface area contributed by atoms with Gasteiger partial charge in [0.15, 0.2) is 0 Å². The van der Waals surface area contributed by atoms with Crippen LogP contribution in [-0.2, 0) is 6.42 Å². The number of hydrogen-bond acceptors (Lipinski definition) is 0. The Bertz CT molecular complexity index is 995. The third kappa shape index (κ3) is 3.67. The number of rotatable bonds is 5. The maximum absolute atomic E-state index is 14.3. The Labute approximate surface area is 170 Å². The summed E-state index contributed by atoms with van der Waals surface area (Å²) in [6, 6.07) is 14.4. The summed E-state index contributed by atoms with van der Waals surface area (Å²) in [7, 11) is 0. The highest BCUT2D eigenvalue weighted by atomic mass is 35.5. The molecule has 0 heterocycles. The third-order valence-corrected chi connectivity index (χ3v) is 6.49. The summed E-state index contributed by atoms with van der Waals surface area (Å²) in [6.45, 7) is 2.21. The van der Waals surface area contributed by atoms with Gasteiger partial charge in [0.2, 0.25) is 0 Å². The highest BCUT2D eigenvalue weighted by Gasteiger charge is 2.31. The van der Waals surface area contributed by atoms with E-state index in [0.717, 1.165) is 35.6 Å². The Kier molecular flexibility index (Phi) is 5.68. The second kappa shape index (κ2) is 8.21. The lowest BCUT2D eigenvalue weighted by molar-refractivity contribution is 0.369. The van der Waals surface area contributed by atoms with Gasteiger partial charge in [0.1, 0.15) is 11.6 Å². The van der Waals surface area contributed by atoms with Crippen LogP contribution in [0.5, 0.6) is 0 Å². The minimum absolute atomic E-state index is 0.125. The van der Waals surface area contributed by atoms with Crippen LogP contribution < -0.4 is 0 Å². The molecule has 0 nitrogen and oxygen atoms in total. The van der Waals surface area contributed by atoms with E-state index in [1.165, 1.54) is 36.5 Å². The number of halogens is 3. The van der Waals surface area contributed by atoms with Gasteiger partial charge in [0.25, 0.3) is 0 Å². The van der Waals surface area contributed by atoms with Crippen molar-refractivity contribution in [2.75, 3.05) is 0 Å². The van der Waals surface area contributed by atoms with Gasteiger partial charge in [-0.05, 0) is 76.9 Å². The van der Waals surface area contributed by atoms with Gasteiger partial charge in [0.05, 0.1) is 5.02 Å². The number of aryl methyl sites for hydroxylation is 1. The molecule has 3 aromatic rings. The van der Waals surface area contributed by atoms with Crippen LogP contribution in [0.2, 0.25) is 5.02 Å². The molecule has 0 bridgehead atoms. The Morgan fingerprint density at radius 2 is 1.82 bits per heavy atom. The molecule has 0 N–H and O–H groups in total. The maximum Gasteiger partial charge on any atom is 0.142 e. The van der Waals surface area contributed by atoms with Crippen molar-refractivity contribution in [3.8, 4) is 0 Å². The first-order valence-corrected chi connectivity index (χ1v) is 10.6. The summed E-state index contributed by atoms with van der Waals surface area (Å²) in [5.41, 5.74) is 3.40. The monoisotopic (exact) mass is 398 g/mol. The van der Waals surface area contributed by atoms with Crippen LogP contribution in [-0.4, -0.2) is 0 Å². The molecule has 0 spiro atoms. The number of hydrogen-bond donors (Lipinski definition) is 0. The molecule has 0 radical (unpaired) electrons. The van der Waals surface area contributed by atoms with Crippen LogP contribution in [0.1, 0.15) is 61.6 Å². The van der Waals surface area contributed by atoms with E-state index in [1.807, 2.05) is 12.1 Å². The van der Waals surface area contributed by atoms with Crippen molar-refractivity contribution in [3.05, 3.63) is 81.9 Å². The molecule has 0 saturated heterocycles. The predicted molar refractivity (Wildman–Crippen MR) is 113 cm³/mol. The molecule has 28 heavy (non-hydrogen) atoms. The SMILES string of the molecule is CCCCC[C@@H]1CCc2c(ccc3ccc(F)cc23)[C@H]1c1ccc(Cl)c(F)c1. The fourth-order valence-electron chi connectivity index (χ4n) is 4.82. The third-order valence-electron chi connectivity index (χ3n) is 6.18. The highest BCUT2D eigenvalue weighted by Crippen LogP contribution is 2.45. The smallest absolute Gasteiger partial charge is 0.142 e. The van der Waals surface area contributed by atoms with E-state index in [9.17, 15) is 8.78 Å². The molecule has 0 amide bonds. The molecule has 3 heteroatoms. The summed E-state index contributed by atoms with van der Waals surface area (Å²) in [6.07, 6.45) is 6.71. The van der Waals surface area contributed by atoms with E-state index >= 15 is 0 Å². The summed E-state index contributed by atoms with van der Waals surface area (Å²) in [5.74, 6) is 0.0103. The molecule has 3 aromatic carbocycles. The zero-order chi connectivity index (χ0) is 19.7. The van der Waals surface area contributed by atoms with Crippen LogP contribution in [0, 0.1) is 17.6 Å². The molecule has 0 aromatic heterocycles. The van der Waals surface area contributed by atoms with Crippen LogP contribution >= 0.6 is 11.6 Å². The maximum atomic E-state index is 14.3. The molecule has 0 unspecified atom stereocenters. The molecule has 0 aliphatic heterocycles. The van der Waals surface area contributed by atoms with Gasteiger partial charge < -0.3 is 0 Å². The second-order valence-electron chi connectivity index (χ2n) is 7.94. The van der Waals surface area contributed by atoms with E-state index in [2.05, 4.69) is 19.1 Å². The predicted octanol–water partition coefficient (Wildman–Crippen LogP) is 8.05. The zero-order valence-electron chi connectivity index (χ0n) is 16.2. The summed E-state index contributed by atoms with van der Waals surface area (Å²) in [5, 5.41) is 2.21. The molecule has 146 valence electrons. The fraction of sp³-hybridized carbons (Fsp3) is 0.360. The Hall–Kier alpha value is -1.93. The Morgan fingerprint density at radius 1 is 1.00 bits per heavy atom. The first-order valence-electron chi connectivity index (χ1n) is 10.2. The van der Waals surface area contributed by atoms with E-state index in [-0.39, 0.29) is 22.6 Å². The first kappa shape index (κ1) is 19.4. The van der Waals surface area contributed by atoms with Crippen LogP contribution in [0.3, 0.4) is 0 Å². The topological polar surface area (TPSA) is 0 Å². The van der Waals surface area contributed by atoms with Gasteiger partial charge >= 0.3 is 0 Å². The minimum atomic E-state index is -0.370.